The molecule has 6 heteroatoms. The van der Waals surface area contributed by atoms with E-state index in [2.05, 4.69) is 79.0 Å². The molecule has 0 radical (unpaired) electrons. The first-order valence-corrected chi connectivity index (χ1v) is 11.1. The van der Waals surface area contributed by atoms with Crippen LogP contribution in [-0.4, -0.2) is 23.8 Å². The molecule has 148 valence electrons. The number of hydrogen-bond donors (Lipinski definition) is 0. The molecule has 1 aliphatic carbocycles. The molecular formula is C22H26N2O3S. The average Bonchev–Trinajstić information content (AvgIpc) is 2.86. The highest BCUT2D eigenvalue weighted by Crippen LogP contribution is 2.34. The SMILES string of the molecule is CS(=O)(=O)[O-].Cc1c(C=C2CCCc3c[n+](C)ccc32)c2ccccc2n1C. The van der Waals surface area contributed by atoms with Crippen LogP contribution in [0.5, 0.6) is 0 Å². The van der Waals surface area contributed by atoms with Crippen LogP contribution in [0, 0.1) is 6.92 Å². The zero-order chi connectivity index (χ0) is 20.5. The number of nitrogens with zero attached hydrogens (tertiary/aromatic N) is 2. The number of aromatic nitrogens is 2. The van der Waals surface area contributed by atoms with Crippen LogP contribution in [0.15, 0.2) is 42.7 Å². The van der Waals surface area contributed by atoms with Gasteiger partial charge < -0.3 is 9.12 Å². The molecule has 0 atom stereocenters. The number of aryl methyl sites for hydroxylation is 3. The highest BCUT2D eigenvalue weighted by Gasteiger charge is 2.18. The van der Waals surface area contributed by atoms with Gasteiger partial charge in [0.1, 0.15) is 7.05 Å². The number of pyridine rings is 1. The van der Waals surface area contributed by atoms with Gasteiger partial charge in [-0.05, 0) is 49.5 Å². The van der Waals surface area contributed by atoms with Crippen molar-refractivity contribution in [3.63, 3.8) is 0 Å². The number of allylic oxidation sites excluding steroid dienone is 1. The largest absolute Gasteiger partial charge is 0.748 e. The zero-order valence-corrected chi connectivity index (χ0v) is 17.6. The Bertz CT molecular complexity index is 1150. The lowest BCUT2D eigenvalue weighted by Gasteiger charge is -2.17. The Morgan fingerprint density at radius 3 is 2.57 bits per heavy atom. The van der Waals surface area contributed by atoms with E-state index in [0.717, 1.165) is 0 Å². The second-order valence-electron chi connectivity index (χ2n) is 7.35. The lowest BCUT2D eigenvalue weighted by Crippen LogP contribution is -2.28. The van der Waals surface area contributed by atoms with E-state index in [1.807, 2.05) is 0 Å². The molecule has 0 aliphatic heterocycles. The second kappa shape index (κ2) is 7.89. The first-order chi connectivity index (χ1) is 13.1. The first kappa shape index (κ1) is 20.3. The minimum Gasteiger partial charge on any atom is -0.748 e. The van der Waals surface area contributed by atoms with Crippen molar-refractivity contribution in [2.75, 3.05) is 6.26 Å². The van der Waals surface area contributed by atoms with Crippen LogP contribution in [0.3, 0.4) is 0 Å². The standard InChI is InChI=1S/C21H23N2.CH4O3S/c1-15-20(19-9-4-5-10-21(19)23(15)3)13-16-7-6-8-17-14-22(2)12-11-18(16)17;1-5(2,3)4/h4-5,9-14H,6-8H2,1-3H3;1H3,(H,2,3,4)/q+1;/p-1. The van der Waals surface area contributed by atoms with Crippen molar-refractivity contribution >= 4 is 32.7 Å². The molecule has 5 nitrogen and oxygen atoms in total. The summed E-state index contributed by atoms with van der Waals surface area (Å²) < 4.78 is 31.7. The van der Waals surface area contributed by atoms with Crippen LogP contribution < -0.4 is 4.57 Å². The molecule has 0 bridgehead atoms. The molecule has 0 fully saturated rings. The maximum atomic E-state index is 9.08. The molecule has 2 aromatic heterocycles. The van der Waals surface area contributed by atoms with E-state index < -0.39 is 10.1 Å². The van der Waals surface area contributed by atoms with Crippen LogP contribution in [0.2, 0.25) is 0 Å². The van der Waals surface area contributed by atoms with E-state index in [-0.39, 0.29) is 0 Å². The summed E-state index contributed by atoms with van der Waals surface area (Å²) in [6, 6.07) is 11.0. The number of fused-ring (bicyclic) bond motifs is 2. The third kappa shape index (κ3) is 4.51. The number of rotatable bonds is 1. The second-order valence-corrected chi connectivity index (χ2v) is 8.76. The van der Waals surface area contributed by atoms with Crippen molar-refractivity contribution in [2.24, 2.45) is 14.1 Å². The highest BCUT2D eigenvalue weighted by molar-refractivity contribution is 7.84. The normalized spacial score (nSPS) is 15.2. The molecule has 0 N–H and O–H groups in total. The minimum absolute atomic E-state index is 0.604. The van der Waals surface area contributed by atoms with Gasteiger partial charge in [-0.25, -0.2) is 13.0 Å². The summed E-state index contributed by atoms with van der Waals surface area (Å²) in [5, 5.41) is 1.36. The Balaban J connectivity index is 0.000000403. The van der Waals surface area contributed by atoms with Gasteiger partial charge in [-0.15, -0.1) is 0 Å². The van der Waals surface area contributed by atoms with E-state index in [1.54, 1.807) is 0 Å². The molecule has 3 aromatic rings. The molecule has 2 heterocycles. The van der Waals surface area contributed by atoms with E-state index in [1.165, 1.54) is 58.1 Å². The molecule has 1 aromatic carbocycles. The van der Waals surface area contributed by atoms with Gasteiger partial charge in [-0.1, -0.05) is 18.2 Å². The average molecular weight is 399 g/mol. The topological polar surface area (TPSA) is 66.0 Å². The van der Waals surface area contributed by atoms with Crippen LogP contribution in [-0.2, 0) is 30.6 Å². The van der Waals surface area contributed by atoms with Crippen molar-refractivity contribution in [1.82, 2.24) is 4.57 Å². The van der Waals surface area contributed by atoms with Crippen LogP contribution in [0.25, 0.3) is 22.6 Å². The fourth-order valence-electron chi connectivity index (χ4n) is 3.83. The predicted molar refractivity (Wildman–Crippen MR) is 112 cm³/mol. The summed E-state index contributed by atoms with van der Waals surface area (Å²) in [5.74, 6) is 0. The highest BCUT2D eigenvalue weighted by atomic mass is 32.2. The lowest BCUT2D eigenvalue weighted by molar-refractivity contribution is -0.672. The van der Waals surface area contributed by atoms with Gasteiger partial charge in [0.25, 0.3) is 0 Å². The molecular weight excluding hydrogens is 372 g/mol. The summed E-state index contributed by atoms with van der Waals surface area (Å²) in [6.45, 7) is 2.22. The molecule has 0 amide bonds. The maximum absolute atomic E-state index is 9.08. The van der Waals surface area contributed by atoms with E-state index in [0.29, 0.717) is 6.26 Å². The molecule has 0 saturated carbocycles. The van der Waals surface area contributed by atoms with Crippen LogP contribution in [0.4, 0.5) is 0 Å². The Hall–Kier alpha value is -2.44. The fourth-order valence-corrected chi connectivity index (χ4v) is 3.83. The van der Waals surface area contributed by atoms with Crippen LogP contribution >= 0.6 is 0 Å². The first-order valence-electron chi connectivity index (χ1n) is 9.29. The van der Waals surface area contributed by atoms with Crippen molar-refractivity contribution in [1.29, 1.82) is 0 Å². The van der Waals surface area contributed by atoms with Gasteiger partial charge in [0, 0.05) is 47.1 Å². The summed E-state index contributed by atoms with van der Waals surface area (Å²) >= 11 is 0. The van der Waals surface area contributed by atoms with E-state index in [9.17, 15) is 0 Å². The van der Waals surface area contributed by atoms with Crippen molar-refractivity contribution in [3.05, 3.63) is 65.1 Å². The molecule has 0 unspecified atom stereocenters. The van der Waals surface area contributed by atoms with Crippen LogP contribution in [0.1, 0.15) is 35.2 Å². The Labute approximate surface area is 166 Å². The smallest absolute Gasteiger partial charge is 0.172 e. The van der Waals surface area contributed by atoms with Crippen molar-refractivity contribution in [2.45, 2.75) is 26.2 Å². The molecule has 1 aliphatic rings. The fraction of sp³-hybridized carbons (Fsp3) is 0.318. The van der Waals surface area contributed by atoms with Crippen molar-refractivity contribution in [3.8, 4) is 0 Å². The van der Waals surface area contributed by atoms with E-state index in [4.69, 9.17) is 13.0 Å². The van der Waals surface area contributed by atoms with Gasteiger partial charge in [0.2, 0.25) is 0 Å². The van der Waals surface area contributed by atoms with Gasteiger partial charge in [-0.2, -0.15) is 0 Å². The Morgan fingerprint density at radius 2 is 1.86 bits per heavy atom. The van der Waals surface area contributed by atoms with Crippen molar-refractivity contribution < 1.29 is 17.5 Å². The Kier molecular flexibility index (Phi) is 5.72. The molecule has 4 rings (SSSR count). The quantitative estimate of drug-likeness (QED) is 0.466. The van der Waals surface area contributed by atoms with Gasteiger partial charge in [0.05, 0.1) is 10.1 Å². The summed E-state index contributed by atoms with van der Waals surface area (Å²) in [6.07, 6.45) is 11.1. The van der Waals surface area contributed by atoms with Gasteiger partial charge in [0.15, 0.2) is 12.4 Å². The number of para-hydroxylation sites is 1. The van der Waals surface area contributed by atoms with E-state index >= 15 is 0 Å². The molecule has 0 spiro atoms. The zero-order valence-electron chi connectivity index (χ0n) is 16.8. The predicted octanol–water partition coefficient (Wildman–Crippen LogP) is 3.35. The number of benzene rings is 1. The molecule has 0 saturated heterocycles. The van der Waals surface area contributed by atoms with Gasteiger partial charge in [-0.3, -0.25) is 0 Å². The lowest BCUT2D eigenvalue weighted by atomic mass is 9.87. The molecule has 28 heavy (non-hydrogen) atoms. The summed E-state index contributed by atoms with van der Waals surface area (Å²) in [4.78, 5) is 0. The minimum atomic E-state index is -3.92. The number of hydrogen-bond acceptors (Lipinski definition) is 3. The third-order valence-electron chi connectivity index (χ3n) is 5.19. The Morgan fingerprint density at radius 1 is 1.18 bits per heavy atom. The summed E-state index contributed by atoms with van der Waals surface area (Å²) in [7, 11) is 0.349. The maximum Gasteiger partial charge on any atom is 0.172 e. The van der Waals surface area contributed by atoms with Gasteiger partial charge >= 0.3 is 0 Å². The summed E-state index contributed by atoms with van der Waals surface area (Å²) in [5.41, 5.74) is 8.41. The third-order valence-corrected chi connectivity index (χ3v) is 5.19. The monoisotopic (exact) mass is 398 g/mol.